The second-order valence-corrected chi connectivity index (χ2v) is 7.67. The van der Waals surface area contributed by atoms with Gasteiger partial charge in [-0.3, -0.25) is 9.88 Å². The Morgan fingerprint density at radius 3 is 2.93 bits per heavy atom. The van der Waals surface area contributed by atoms with Crippen molar-refractivity contribution >= 4 is 0 Å². The van der Waals surface area contributed by atoms with Crippen molar-refractivity contribution in [3.63, 3.8) is 0 Å². The lowest BCUT2D eigenvalue weighted by Gasteiger charge is -2.33. The molecule has 5 heteroatoms. The molecule has 1 aliphatic rings. The fraction of sp³-hybridized carbons (Fsp3) is 0.391. The maximum Gasteiger partial charge on any atom is 0.141 e. The van der Waals surface area contributed by atoms with Gasteiger partial charge in [0, 0.05) is 49.5 Å². The van der Waals surface area contributed by atoms with E-state index in [0.29, 0.717) is 5.92 Å². The van der Waals surface area contributed by atoms with E-state index in [1.165, 1.54) is 24.1 Å². The van der Waals surface area contributed by atoms with E-state index in [1.807, 2.05) is 24.5 Å². The summed E-state index contributed by atoms with van der Waals surface area (Å²) in [6.45, 7) is 6.40. The summed E-state index contributed by atoms with van der Waals surface area (Å²) < 4.78 is 7.73. The van der Waals surface area contributed by atoms with Crippen LogP contribution in [0.5, 0.6) is 5.75 Å². The molecule has 1 saturated heterocycles. The Bertz CT molecular complexity index is 906. The fourth-order valence-corrected chi connectivity index (χ4v) is 4.15. The SMILES string of the molecule is COc1cccc(CN2CCCC(Cn3c(C)cnc3-c3cccnc3)C2)c1. The number of hydrogen-bond acceptors (Lipinski definition) is 4. The molecule has 0 spiro atoms. The van der Waals surface area contributed by atoms with Crippen LogP contribution in [0.1, 0.15) is 24.1 Å². The lowest BCUT2D eigenvalue weighted by Crippen LogP contribution is -2.36. The predicted molar refractivity (Wildman–Crippen MR) is 111 cm³/mol. The van der Waals surface area contributed by atoms with Gasteiger partial charge in [0.1, 0.15) is 11.6 Å². The van der Waals surface area contributed by atoms with Crippen LogP contribution >= 0.6 is 0 Å². The molecule has 0 aliphatic carbocycles. The molecular weight excluding hydrogens is 348 g/mol. The van der Waals surface area contributed by atoms with Gasteiger partial charge in [-0.25, -0.2) is 4.98 Å². The van der Waals surface area contributed by atoms with E-state index in [0.717, 1.165) is 43.3 Å². The van der Waals surface area contributed by atoms with E-state index in [9.17, 15) is 0 Å². The zero-order valence-corrected chi connectivity index (χ0v) is 16.7. The number of nitrogens with zero attached hydrogens (tertiary/aromatic N) is 4. The number of hydrogen-bond donors (Lipinski definition) is 0. The van der Waals surface area contributed by atoms with Crippen LogP contribution in [0.25, 0.3) is 11.4 Å². The van der Waals surface area contributed by atoms with Crippen LogP contribution in [0.15, 0.2) is 55.0 Å². The van der Waals surface area contributed by atoms with Gasteiger partial charge in [-0.1, -0.05) is 12.1 Å². The third-order valence-electron chi connectivity index (χ3n) is 5.56. The molecule has 1 aliphatic heterocycles. The van der Waals surface area contributed by atoms with Crippen molar-refractivity contribution in [3.05, 3.63) is 66.2 Å². The smallest absolute Gasteiger partial charge is 0.141 e. The lowest BCUT2D eigenvalue weighted by atomic mass is 9.97. The molecule has 1 unspecified atom stereocenters. The minimum atomic E-state index is 0.627. The summed E-state index contributed by atoms with van der Waals surface area (Å²) >= 11 is 0. The lowest BCUT2D eigenvalue weighted by molar-refractivity contribution is 0.156. The second-order valence-electron chi connectivity index (χ2n) is 7.67. The molecule has 3 aromatic rings. The summed E-state index contributed by atoms with van der Waals surface area (Å²) in [5, 5.41) is 0. The van der Waals surface area contributed by atoms with Crippen LogP contribution in [0.3, 0.4) is 0 Å². The quantitative estimate of drug-likeness (QED) is 0.647. The number of ether oxygens (including phenoxy) is 1. The summed E-state index contributed by atoms with van der Waals surface area (Å²) in [6.07, 6.45) is 8.18. The van der Waals surface area contributed by atoms with Gasteiger partial charge in [0.15, 0.2) is 0 Å². The second kappa shape index (κ2) is 8.57. The van der Waals surface area contributed by atoms with Crippen LogP contribution in [0.4, 0.5) is 0 Å². The molecule has 0 N–H and O–H groups in total. The molecule has 1 fully saturated rings. The number of pyridine rings is 1. The van der Waals surface area contributed by atoms with E-state index in [1.54, 1.807) is 13.3 Å². The van der Waals surface area contributed by atoms with Gasteiger partial charge in [0.05, 0.1) is 7.11 Å². The Labute approximate surface area is 167 Å². The number of aromatic nitrogens is 3. The monoisotopic (exact) mass is 376 g/mol. The number of rotatable bonds is 6. The molecular formula is C23H28N4O. The van der Waals surface area contributed by atoms with Gasteiger partial charge < -0.3 is 9.30 Å². The van der Waals surface area contributed by atoms with Crippen molar-refractivity contribution in [2.75, 3.05) is 20.2 Å². The van der Waals surface area contributed by atoms with E-state index in [-0.39, 0.29) is 0 Å². The Morgan fingerprint density at radius 2 is 2.11 bits per heavy atom. The molecule has 2 aromatic heterocycles. The highest BCUT2D eigenvalue weighted by molar-refractivity contribution is 5.54. The third-order valence-corrected chi connectivity index (χ3v) is 5.56. The number of likely N-dealkylation sites (tertiary alicyclic amines) is 1. The Kier molecular flexibility index (Phi) is 5.72. The van der Waals surface area contributed by atoms with E-state index < -0.39 is 0 Å². The van der Waals surface area contributed by atoms with Gasteiger partial charge in [0.25, 0.3) is 0 Å². The normalized spacial score (nSPS) is 17.6. The maximum absolute atomic E-state index is 5.37. The van der Waals surface area contributed by atoms with Crippen molar-refractivity contribution in [3.8, 4) is 17.1 Å². The molecule has 0 bridgehead atoms. The van der Waals surface area contributed by atoms with Gasteiger partial charge >= 0.3 is 0 Å². The molecule has 1 aromatic carbocycles. The number of piperidine rings is 1. The largest absolute Gasteiger partial charge is 0.497 e. The molecule has 0 radical (unpaired) electrons. The fourth-order valence-electron chi connectivity index (χ4n) is 4.15. The standard InChI is InChI=1S/C23H28N4O/c1-18-13-25-23(21-8-4-10-24-14-21)27(18)17-20-7-5-11-26(16-20)15-19-6-3-9-22(12-19)28-2/h3-4,6,8-10,12-14,20H,5,7,11,15-17H2,1-2H3. The molecule has 5 nitrogen and oxygen atoms in total. The highest BCUT2D eigenvalue weighted by Gasteiger charge is 2.22. The van der Waals surface area contributed by atoms with Gasteiger partial charge in [-0.05, 0) is 62.1 Å². The van der Waals surface area contributed by atoms with E-state index >= 15 is 0 Å². The summed E-state index contributed by atoms with van der Waals surface area (Å²) in [5.74, 6) is 2.58. The molecule has 3 heterocycles. The van der Waals surface area contributed by atoms with Crippen LogP contribution in [-0.2, 0) is 13.1 Å². The predicted octanol–water partition coefficient (Wildman–Crippen LogP) is 4.17. The molecule has 0 amide bonds. The zero-order chi connectivity index (χ0) is 19.3. The van der Waals surface area contributed by atoms with Crippen LogP contribution in [0, 0.1) is 12.8 Å². The molecule has 4 rings (SSSR count). The van der Waals surface area contributed by atoms with E-state index in [4.69, 9.17) is 4.74 Å². The summed E-state index contributed by atoms with van der Waals surface area (Å²) in [5.41, 5.74) is 3.61. The van der Waals surface area contributed by atoms with Crippen LogP contribution < -0.4 is 4.74 Å². The van der Waals surface area contributed by atoms with Gasteiger partial charge in [-0.15, -0.1) is 0 Å². The number of aryl methyl sites for hydroxylation is 1. The summed E-state index contributed by atoms with van der Waals surface area (Å²) in [7, 11) is 1.73. The minimum absolute atomic E-state index is 0.627. The van der Waals surface area contributed by atoms with Crippen LogP contribution in [-0.4, -0.2) is 39.6 Å². The average molecular weight is 377 g/mol. The first-order chi connectivity index (χ1) is 13.7. The first-order valence-electron chi connectivity index (χ1n) is 10.0. The topological polar surface area (TPSA) is 43.2 Å². The van der Waals surface area contributed by atoms with Gasteiger partial charge in [-0.2, -0.15) is 0 Å². The summed E-state index contributed by atoms with van der Waals surface area (Å²) in [4.78, 5) is 11.5. The minimum Gasteiger partial charge on any atom is -0.497 e. The van der Waals surface area contributed by atoms with E-state index in [2.05, 4.69) is 50.6 Å². The van der Waals surface area contributed by atoms with Crippen molar-refractivity contribution < 1.29 is 4.74 Å². The first-order valence-corrected chi connectivity index (χ1v) is 10.0. The molecule has 146 valence electrons. The van der Waals surface area contributed by atoms with Crippen molar-refractivity contribution in [2.45, 2.75) is 32.9 Å². The Balaban J connectivity index is 1.45. The molecule has 0 saturated carbocycles. The van der Waals surface area contributed by atoms with Crippen molar-refractivity contribution in [2.24, 2.45) is 5.92 Å². The first kappa shape index (κ1) is 18.7. The Morgan fingerprint density at radius 1 is 1.18 bits per heavy atom. The molecule has 1 atom stereocenters. The van der Waals surface area contributed by atoms with Crippen molar-refractivity contribution in [1.82, 2.24) is 19.4 Å². The third kappa shape index (κ3) is 4.25. The maximum atomic E-state index is 5.37. The Hall–Kier alpha value is -2.66. The summed E-state index contributed by atoms with van der Waals surface area (Å²) in [6, 6.07) is 12.5. The zero-order valence-electron chi connectivity index (χ0n) is 16.7. The highest BCUT2D eigenvalue weighted by Crippen LogP contribution is 2.25. The number of benzene rings is 1. The number of imidazole rings is 1. The number of methoxy groups -OCH3 is 1. The van der Waals surface area contributed by atoms with Gasteiger partial charge in [0.2, 0.25) is 0 Å². The van der Waals surface area contributed by atoms with Crippen molar-refractivity contribution in [1.29, 1.82) is 0 Å². The average Bonchev–Trinajstić information content (AvgIpc) is 3.09. The molecule has 28 heavy (non-hydrogen) atoms. The highest BCUT2D eigenvalue weighted by atomic mass is 16.5. The van der Waals surface area contributed by atoms with Crippen LogP contribution in [0.2, 0.25) is 0 Å².